The molecule has 2 unspecified atom stereocenters. The fourth-order valence-corrected chi connectivity index (χ4v) is 3.16. The predicted molar refractivity (Wildman–Crippen MR) is 93.5 cm³/mol. The summed E-state index contributed by atoms with van der Waals surface area (Å²) in [6.07, 6.45) is 13.0. The minimum atomic E-state index is 0.0625. The normalized spacial score (nSPS) is 21.5. The molecule has 0 saturated carbocycles. The van der Waals surface area contributed by atoms with Gasteiger partial charge in [-0.3, -0.25) is 4.79 Å². The first-order chi connectivity index (χ1) is 11.3. The van der Waals surface area contributed by atoms with Crippen molar-refractivity contribution < 1.29 is 4.79 Å². The minimum Gasteiger partial charge on any atom is -0.340 e. The van der Waals surface area contributed by atoms with E-state index in [1.54, 1.807) is 0 Å². The van der Waals surface area contributed by atoms with E-state index >= 15 is 0 Å². The van der Waals surface area contributed by atoms with Gasteiger partial charge < -0.3 is 4.90 Å². The summed E-state index contributed by atoms with van der Waals surface area (Å²) in [5.41, 5.74) is 2.55. The fraction of sp³-hybridized carbons (Fsp3) is 0.0952. The van der Waals surface area contributed by atoms with E-state index < -0.39 is 0 Å². The van der Waals surface area contributed by atoms with Gasteiger partial charge in [0.05, 0.1) is 6.04 Å². The Bertz CT molecular complexity index is 799. The molecule has 0 spiro atoms. The van der Waals surface area contributed by atoms with Gasteiger partial charge in [0.1, 0.15) is 0 Å². The molecule has 2 heteroatoms. The number of carbonyl (C=O) groups excluding carboxylic acids is 1. The summed E-state index contributed by atoms with van der Waals surface area (Å²) in [6.45, 7) is 0. The molecule has 1 heterocycles. The van der Waals surface area contributed by atoms with E-state index in [-0.39, 0.29) is 5.78 Å². The highest BCUT2D eigenvalue weighted by Gasteiger charge is 2.27. The second kappa shape index (κ2) is 5.73. The summed E-state index contributed by atoms with van der Waals surface area (Å²) < 4.78 is 0. The molecule has 2 aromatic rings. The SMILES string of the molecule is O=C(c1ccccc1)c1ccc(N2C=CC3C=CC=CC32)cc1. The summed E-state index contributed by atoms with van der Waals surface area (Å²) >= 11 is 0. The summed E-state index contributed by atoms with van der Waals surface area (Å²) in [4.78, 5) is 14.7. The molecule has 0 amide bonds. The number of fused-ring (bicyclic) bond motifs is 1. The molecule has 112 valence electrons. The van der Waals surface area contributed by atoms with E-state index in [1.807, 2.05) is 54.6 Å². The highest BCUT2D eigenvalue weighted by atomic mass is 16.1. The van der Waals surface area contributed by atoms with Crippen LogP contribution in [0.25, 0.3) is 0 Å². The van der Waals surface area contributed by atoms with Crippen LogP contribution in [0.5, 0.6) is 0 Å². The quantitative estimate of drug-likeness (QED) is 0.785. The molecule has 2 nitrogen and oxygen atoms in total. The van der Waals surface area contributed by atoms with Crippen LogP contribution in [0.4, 0.5) is 5.69 Å². The highest BCUT2D eigenvalue weighted by Crippen LogP contribution is 2.31. The Morgan fingerprint density at radius 2 is 1.48 bits per heavy atom. The Labute approximate surface area is 136 Å². The van der Waals surface area contributed by atoms with Crippen molar-refractivity contribution >= 4 is 11.5 Å². The van der Waals surface area contributed by atoms with Crippen molar-refractivity contribution in [3.63, 3.8) is 0 Å². The summed E-state index contributed by atoms with van der Waals surface area (Å²) in [5.74, 6) is 0.498. The van der Waals surface area contributed by atoms with Crippen LogP contribution >= 0.6 is 0 Å². The van der Waals surface area contributed by atoms with E-state index in [0.29, 0.717) is 12.0 Å². The molecule has 2 aliphatic rings. The average molecular weight is 299 g/mol. The van der Waals surface area contributed by atoms with Crippen molar-refractivity contribution in [3.05, 3.63) is 102 Å². The number of hydrogen-bond donors (Lipinski definition) is 0. The number of nitrogens with zero attached hydrogens (tertiary/aromatic N) is 1. The van der Waals surface area contributed by atoms with Crippen molar-refractivity contribution in [1.82, 2.24) is 0 Å². The van der Waals surface area contributed by atoms with E-state index in [2.05, 4.69) is 41.5 Å². The second-order valence-corrected chi connectivity index (χ2v) is 5.83. The lowest BCUT2D eigenvalue weighted by Crippen LogP contribution is -2.30. The van der Waals surface area contributed by atoms with E-state index in [9.17, 15) is 4.79 Å². The summed E-state index contributed by atoms with van der Waals surface area (Å²) in [6, 6.07) is 17.6. The van der Waals surface area contributed by atoms with Gasteiger partial charge in [0.2, 0.25) is 0 Å². The topological polar surface area (TPSA) is 20.3 Å². The number of benzene rings is 2. The van der Waals surface area contributed by atoms with Gasteiger partial charge in [-0.05, 0) is 24.3 Å². The Kier molecular flexibility index (Phi) is 3.43. The average Bonchev–Trinajstić information content (AvgIpc) is 3.06. The molecule has 1 aliphatic heterocycles. The van der Waals surface area contributed by atoms with Gasteiger partial charge >= 0.3 is 0 Å². The lowest BCUT2D eigenvalue weighted by molar-refractivity contribution is 0.103. The zero-order valence-corrected chi connectivity index (χ0v) is 12.7. The van der Waals surface area contributed by atoms with Gasteiger partial charge in [-0.25, -0.2) is 0 Å². The number of rotatable bonds is 3. The highest BCUT2D eigenvalue weighted by molar-refractivity contribution is 6.09. The molecule has 0 aromatic heterocycles. The van der Waals surface area contributed by atoms with Crippen LogP contribution in [0.3, 0.4) is 0 Å². The second-order valence-electron chi connectivity index (χ2n) is 5.83. The monoisotopic (exact) mass is 299 g/mol. The van der Waals surface area contributed by atoms with Gasteiger partial charge in [0, 0.05) is 28.9 Å². The Hall–Kier alpha value is -2.87. The number of ketones is 1. The largest absolute Gasteiger partial charge is 0.340 e. The zero-order valence-electron chi connectivity index (χ0n) is 12.7. The minimum absolute atomic E-state index is 0.0625. The molecule has 0 saturated heterocycles. The lowest BCUT2D eigenvalue weighted by atomic mass is 9.96. The smallest absolute Gasteiger partial charge is 0.193 e. The molecular formula is C21H17NO. The molecule has 1 aliphatic carbocycles. The Morgan fingerprint density at radius 1 is 0.783 bits per heavy atom. The Morgan fingerprint density at radius 3 is 2.26 bits per heavy atom. The van der Waals surface area contributed by atoms with Gasteiger partial charge in [0.25, 0.3) is 0 Å². The molecule has 23 heavy (non-hydrogen) atoms. The third-order valence-corrected chi connectivity index (χ3v) is 4.40. The number of hydrogen-bond acceptors (Lipinski definition) is 2. The first-order valence-electron chi connectivity index (χ1n) is 7.84. The van der Waals surface area contributed by atoms with Crippen molar-refractivity contribution in [1.29, 1.82) is 0 Å². The number of carbonyl (C=O) groups is 1. The van der Waals surface area contributed by atoms with E-state index in [4.69, 9.17) is 0 Å². The van der Waals surface area contributed by atoms with E-state index in [0.717, 1.165) is 16.8 Å². The maximum absolute atomic E-state index is 12.5. The van der Waals surface area contributed by atoms with Crippen LogP contribution in [-0.2, 0) is 0 Å². The fourth-order valence-electron chi connectivity index (χ4n) is 3.16. The lowest BCUT2D eigenvalue weighted by Gasteiger charge is -2.27. The summed E-state index contributed by atoms with van der Waals surface area (Å²) in [7, 11) is 0. The molecule has 2 aromatic carbocycles. The van der Waals surface area contributed by atoms with Gasteiger partial charge in [-0.1, -0.05) is 60.7 Å². The van der Waals surface area contributed by atoms with Crippen LogP contribution in [0.2, 0.25) is 0 Å². The Balaban J connectivity index is 1.57. The maximum atomic E-state index is 12.5. The molecule has 0 radical (unpaired) electrons. The maximum Gasteiger partial charge on any atom is 0.193 e. The molecule has 0 bridgehead atoms. The third kappa shape index (κ3) is 2.53. The van der Waals surface area contributed by atoms with Crippen LogP contribution in [0, 0.1) is 5.92 Å². The number of anilines is 1. The van der Waals surface area contributed by atoms with Crippen LogP contribution < -0.4 is 4.90 Å². The van der Waals surface area contributed by atoms with Crippen molar-refractivity contribution in [2.45, 2.75) is 6.04 Å². The molecule has 0 fully saturated rings. The van der Waals surface area contributed by atoms with Crippen LogP contribution in [-0.4, -0.2) is 11.8 Å². The van der Waals surface area contributed by atoms with Crippen molar-refractivity contribution in [3.8, 4) is 0 Å². The first kappa shape index (κ1) is 13.8. The zero-order chi connectivity index (χ0) is 15.6. The van der Waals surface area contributed by atoms with Crippen molar-refractivity contribution in [2.75, 3.05) is 4.90 Å². The third-order valence-electron chi connectivity index (χ3n) is 4.40. The standard InChI is InChI=1S/C21H17NO/c23-21(17-7-2-1-3-8-17)18-10-12-19(13-11-18)22-15-14-16-6-4-5-9-20(16)22/h1-16,20H. The van der Waals surface area contributed by atoms with Crippen LogP contribution in [0.1, 0.15) is 15.9 Å². The molecular weight excluding hydrogens is 282 g/mol. The van der Waals surface area contributed by atoms with Gasteiger partial charge in [-0.2, -0.15) is 0 Å². The van der Waals surface area contributed by atoms with Crippen LogP contribution in [0.15, 0.2) is 91.2 Å². The molecule has 2 atom stereocenters. The number of allylic oxidation sites excluding steroid dienone is 2. The molecule has 4 rings (SSSR count). The van der Waals surface area contributed by atoms with Gasteiger partial charge in [0.15, 0.2) is 5.78 Å². The van der Waals surface area contributed by atoms with Crippen molar-refractivity contribution in [2.24, 2.45) is 5.92 Å². The summed E-state index contributed by atoms with van der Waals surface area (Å²) in [5, 5.41) is 0. The first-order valence-corrected chi connectivity index (χ1v) is 7.84. The molecule has 0 N–H and O–H groups in total. The van der Waals surface area contributed by atoms with E-state index in [1.165, 1.54) is 0 Å². The van der Waals surface area contributed by atoms with Gasteiger partial charge in [-0.15, -0.1) is 0 Å². The predicted octanol–water partition coefficient (Wildman–Crippen LogP) is 4.36.